The first-order valence-corrected chi connectivity index (χ1v) is 27.6. The van der Waals surface area contributed by atoms with Gasteiger partial charge in [-0.2, -0.15) is 0 Å². The van der Waals surface area contributed by atoms with Crippen LogP contribution in [0, 0.1) is 165 Å². The lowest BCUT2D eigenvalue weighted by molar-refractivity contribution is -0.160. The number of fused-ring (bicyclic) bond motifs is 1. The Morgan fingerprint density at radius 2 is 1.20 bits per heavy atom. The molecule has 0 aromatic heterocycles. The fraction of sp³-hybridized carbons (Fsp3) is 0.828. The SMILES string of the molecule is CCCCCCCCCCCC1C2C3C=C4CC5=C6C4C4C3C3C7C4C4C6C6C(C5)CC5CC8CC9CC%10CC2(CN1c1ccc(O)cc1)C3C%10C1C9C2C8C5C6C4C2C17. The standard InChI is InChI=1S/C58H73NO/c1-2-3-4-5-6-7-8-9-10-11-35-56-34-22-30-20-27-18-28-17-25-16-26-19-29-21-31-23-58(56,24-59(35)32-12-14-33(60)15-13-32)57-42(31)47-41(29)46-37(26)36(25)44-40(28)45-38(27)39(30)48-43(34)55(57)54-52(47)50(46)49(44)51(45)53(48)54/h12-15,22,25-26,28-29,31,34-37,39-57,60H,2-11,16-21,23-24H2,1H3. The molecule has 1 aliphatic heterocycles. The van der Waals surface area contributed by atoms with Crippen LogP contribution < -0.4 is 4.90 Å². The lowest BCUT2D eigenvalue weighted by Crippen LogP contribution is -2.61. The van der Waals surface area contributed by atoms with E-state index in [1.165, 1.54) is 118 Å². The molecule has 2 nitrogen and oxygen atoms in total. The molecule has 2 heteroatoms. The van der Waals surface area contributed by atoms with Crippen LogP contribution in [0.3, 0.4) is 0 Å². The second-order valence-corrected chi connectivity index (χ2v) is 27.1. The molecule has 18 rings (SSSR count). The number of hydrogen-bond donors (Lipinski definition) is 1. The molecule has 16 aliphatic carbocycles. The van der Waals surface area contributed by atoms with Crippen LogP contribution in [-0.2, 0) is 0 Å². The van der Waals surface area contributed by atoms with Gasteiger partial charge in [0.05, 0.1) is 0 Å². The Kier molecular flexibility index (Phi) is 6.11. The molecule has 17 aliphatic rings. The molecule has 316 valence electrons. The van der Waals surface area contributed by atoms with Gasteiger partial charge in [0.1, 0.15) is 5.75 Å². The molecule has 13 saturated carbocycles. The van der Waals surface area contributed by atoms with Crippen LogP contribution in [0.5, 0.6) is 5.75 Å². The maximum Gasteiger partial charge on any atom is 0.115 e. The Morgan fingerprint density at radius 1 is 0.583 bits per heavy atom. The molecule has 0 bridgehead atoms. The Hall–Kier alpha value is -1.70. The van der Waals surface area contributed by atoms with Crippen molar-refractivity contribution in [2.45, 2.75) is 122 Å². The third kappa shape index (κ3) is 3.39. The number of unbranched alkanes of at least 4 members (excludes halogenated alkanes) is 8. The van der Waals surface area contributed by atoms with Crippen LogP contribution in [0.2, 0.25) is 0 Å². The maximum absolute atomic E-state index is 10.6. The lowest BCUT2D eigenvalue weighted by atomic mass is 9.41. The van der Waals surface area contributed by atoms with Crippen molar-refractivity contribution in [3.8, 4) is 5.75 Å². The summed E-state index contributed by atoms with van der Waals surface area (Å²) in [6, 6.07) is 9.50. The summed E-state index contributed by atoms with van der Waals surface area (Å²) in [7, 11) is 0. The first-order valence-electron chi connectivity index (χ1n) is 27.6. The summed E-state index contributed by atoms with van der Waals surface area (Å²) in [6.45, 7) is 3.72. The topological polar surface area (TPSA) is 23.5 Å². The summed E-state index contributed by atoms with van der Waals surface area (Å²) in [5.74, 6) is 29.7. The predicted octanol–water partition coefficient (Wildman–Crippen LogP) is 12.3. The minimum absolute atomic E-state index is 0.452. The quantitative estimate of drug-likeness (QED) is 0.178. The maximum atomic E-state index is 10.6. The largest absolute Gasteiger partial charge is 0.508 e. The van der Waals surface area contributed by atoms with E-state index < -0.39 is 0 Å². The van der Waals surface area contributed by atoms with E-state index in [1.54, 1.807) is 38.5 Å². The van der Waals surface area contributed by atoms with Gasteiger partial charge in [0.25, 0.3) is 0 Å². The molecule has 29 atom stereocenters. The van der Waals surface area contributed by atoms with E-state index in [9.17, 15) is 5.11 Å². The Bertz CT molecular complexity index is 2170. The summed E-state index contributed by atoms with van der Waals surface area (Å²) in [4.78, 5) is 3.10. The molecule has 60 heavy (non-hydrogen) atoms. The zero-order valence-corrected chi connectivity index (χ0v) is 36.7. The van der Waals surface area contributed by atoms with Crippen LogP contribution >= 0.6 is 0 Å². The van der Waals surface area contributed by atoms with Crippen LogP contribution in [0.25, 0.3) is 0 Å². The van der Waals surface area contributed by atoms with Gasteiger partial charge in [-0.25, -0.2) is 0 Å². The van der Waals surface area contributed by atoms with Gasteiger partial charge in [-0.05, 0) is 235 Å². The molecule has 0 radical (unpaired) electrons. The predicted molar refractivity (Wildman–Crippen MR) is 235 cm³/mol. The third-order valence-electron chi connectivity index (χ3n) is 26.8. The summed E-state index contributed by atoms with van der Waals surface area (Å²) < 4.78 is 0. The highest BCUT2D eigenvalue weighted by atomic mass is 16.3. The van der Waals surface area contributed by atoms with E-state index in [0.717, 1.165) is 124 Å². The molecule has 1 saturated heterocycles. The van der Waals surface area contributed by atoms with Crippen molar-refractivity contribution in [2.75, 3.05) is 11.4 Å². The highest BCUT2D eigenvalue weighted by molar-refractivity contribution is 5.56. The summed E-state index contributed by atoms with van der Waals surface area (Å²) in [5.41, 5.74) is 8.35. The van der Waals surface area contributed by atoms with Gasteiger partial charge >= 0.3 is 0 Å². The minimum Gasteiger partial charge on any atom is -0.508 e. The van der Waals surface area contributed by atoms with Gasteiger partial charge < -0.3 is 10.0 Å². The molecular formula is C58H73NO. The van der Waals surface area contributed by atoms with E-state index in [4.69, 9.17) is 0 Å². The monoisotopic (exact) mass is 800 g/mol. The van der Waals surface area contributed by atoms with Gasteiger partial charge in [-0.1, -0.05) is 87.5 Å². The number of benzene rings is 1. The van der Waals surface area contributed by atoms with Crippen LogP contribution in [0.4, 0.5) is 5.69 Å². The zero-order chi connectivity index (χ0) is 38.4. The fourth-order valence-corrected chi connectivity index (χ4v) is 27.7. The Labute approximate surface area is 360 Å². The van der Waals surface area contributed by atoms with Crippen molar-refractivity contribution >= 4 is 5.69 Å². The van der Waals surface area contributed by atoms with Gasteiger partial charge in [0, 0.05) is 24.2 Å². The summed E-state index contributed by atoms with van der Waals surface area (Å²) in [5, 5.41) is 10.6. The smallest absolute Gasteiger partial charge is 0.115 e. The van der Waals surface area contributed by atoms with Gasteiger partial charge in [-0.3, -0.25) is 0 Å². The van der Waals surface area contributed by atoms with Crippen molar-refractivity contribution in [3.63, 3.8) is 0 Å². The van der Waals surface area contributed by atoms with E-state index in [-0.39, 0.29) is 0 Å². The normalized spacial score (nSPS) is 62.7. The molecule has 1 heterocycles. The van der Waals surface area contributed by atoms with E-state index in [1.807, 2.05) is 17.7 Å². The average Bonchev–Trinajstić information content (AvgIpc) is 4.11. The van der Waals surface area contributed by atoms with E-state index in [0.29, 0.717) is 17.2 Å². The molecule has 1 spiro atoms. The molecular weight excluding hydrogens is 727 g/mol. The fourth-order valence-electron chi connectivity index (χ4n) is 27.7. The summed E-state index contributed by atoms with van der Waals surface area (Å²) >= 11 is 0. The van der Waals surface area contributed by atoms with Crippen molar-refractivity contribution in [1.82, 2.24) is 0 Å². The molecule has 14 fully saturated rings. The molecule has 1 N–H and O–H groups in total. The Morgan fingerprint density at radius 3 is 1.98 bits per heavy atom. The van der Waals surface area contributed by atoms with Crippen molar-refractivity contribution < 1.29 is 5.11 Å². The van der Waals surface area contributed by atoms with Gasteiger partial charge in [0.2, 0.25) is 0 Å². The second kappa shape index (κ2) is 10.9. The van der Waals surface area contributed by atoms with Crippen molar-refractivity contribution in [2.24, 2.45) is 165 Å². The summed E-state index contributed by atoms with van der Waals surface area (Å²) in [6.07, 6.45) is 28.9. The van der Waals surface area contributed by atoms with Crippen LogP contribution in [0.15, 0.2) is 47.1 Å². The molecule has 1 aromatic rings. The zero-order valence-electron chi connectivity index (χ0n) is 36.7. The number of nitrogens with zero attached hydrogens (tertiary/aromatic N) is 1. The lowest BCUT2D eigenvalue weighted by Gasteiger charge is -2.63. The number of hydrogen-bond acceptors (Lipinski definition) is 2. The van der Waals surface area contributed by atoms with Crippen molar-refractivity contribution in [3.05, 3.63) is 47.1 Å². The Balaban J connectivity index is 0.831. The van der Waals surface area contributed by atoms with Crippen LogP contribution in [-0.4, -0.2) is 17.7 Å². The molecule has 1 aromatic carbocycles. The molecule has 0 amide bonds. The third-order valence-corrected chi connectivity index (χ3v) is 26.8. The molecule has 29 unspecified atom stereocenters. The number of allylic oxidation sites excluding steroid dienone is 4. The van der Waals surface area contributed by atoms with Crippen LogP contribution in [0.1, 0.15) is 116 Å². The number of rotatable bonds is 11. The highest BCUT2D eigenvalue weighted by Gasteiger charge is 2.89. The second-order valence-electron chi connectivity index (χ2n) is 27.1. The average molecular weight is 800 g/mol. The van der Waals surface area contributed by atoms with Gasteiger partial charge in [0.15, 0.2) is 0 Å². The van der Waals surface area contributed by atoms with Crippen molar-refractivity contribution in [1.29, 1.82) is 0 Å². The minimum atomic E-state index is 0.452. The van der Waals surface area contributed by atoms with E-state index in [2.05, 4.69) is 41.2 Å². The number of phenolic OH excluding ortho intramolecular Hbond substituents is 1. The highest BCUT2D eigenvalue weighted by Crippen LogP contribution is 2.93. The van der Waals surface area contributed by atoms with E-state index >= 15 is 0 Å². The first kappa shape index (κ1) is 33.8. The number of aromatic hydroxyl groups is 1. The number of anilines is 1. The number of phenols is 1. The van der Waals surface area contributed by atoms with Gasteiger partial charge in [-0.15, -0.1) is 0 Å². The first-order chi connectivity index (χ1) is 29.6.